The van der Waals surface area contributed by atoms with Crippen molar-refractivity contribution in [2.24, 2.45) is 0 Å². The van der Waals surface area contributed by atoms with Crippen molar-refractivity contribution < 1.29 is 61.4 Å². The maximum Gasteiger partial charge on any atom is 0.269 e. The monoisotopic (exact) mass is 1200 g/mol. The summed E-state index contributed by atoms with van der Waals surface area (Å²) in [6, 6.07) is 1.89. The predicted molar refractivity (Wildman–Crippen MR) is 369 cm³/mol. The van der Waals surface area contributed by atoms with Crippen LogP contribution in [0.4, 0.5) is 0 Å². The van der Waals surface area contributed by atoms with Crippen molar-refractivity contribution in [3.05, 3.63) is 283 Å². The van der Waals surface area contributed by atoms with E-state index >= 15 is 0 Å². The maximum absolute atomic E-state index is 11.2. The minimum Gasteiger partial charge on any atom is -0.458 e. The van der Waals surface area contributed by atoms with Gasteiger partial charge < -0.3 is 4.74 Å². The molecule has 5 nitrogen and oxygen atoms in total. The van der Waals surface area contributed by atoms with Crippen LogP contribution in [0.2, 0.25) is 0 Å². The van der Waals surface area contributed by atoms with E-state index in [1.54, 1.807) is 42.6 Å². The Labute approximate surface area is 573 Å². The first-order chi connectivity index (χ1) is 58.1. The summed E-state index contributed by atoms with van der Waals surface area (Å²) >= 11 is 0. The molecule has 0 saturated carbocycles. The summed E-state index contributed by atoms with van der Waals surface area (Å²) in [6.45, 7) is -7.42. The van der Waals surface area contributed by atoms with Gasteiger partial charge in [-0.25, -0.2) is 4.98 Å². The summed E-state index contributed by atoms with van der Waals surface area (Å²) in [5, 5.41) is -3.27. The van der Waals surface area contributed by atoms with Crippen LogP contribution in [0.1, 0.15) is 156 Å². The molecule has 1 aliphatic rings. The summed E-state index contributed by atoms with van der Waals surface area (Å²) in [5.74, 6) is 1.06. The number of nitrogens with zero attached hydrogens (tertiary/aromatic N) is 4. The molecule has 0 fully saturated rings. The minimum atomic E-state index is -6.74. The van der Waals surface area contributed by atoms with Crippen molar-refractivity contribution in [2.45, 2.75) is 103 Å². The Morgan fingerprint density at radius 2 is 1.12 bits per heavy atom. The molecule has 0 saturated heterocycles. The molecule has 0 aliphatic heterocycles. The Morgan fingerprint density at radius 1 is 0.534 bits per heavy atom. The van der Waals surface area contributed by atoms with Crippen LogP contribution >= 0.6 is 0 Å². The van der Waals surface area contributed by atoms with E-state index in [4.69, 9.17) is 22.1 Å². The molecule has 88 heavy (non-hydrogen) atoms. The standard InChI is InChI=1S/C82H76N4OSi/c1-79(2,3)58-44-47-83-77(52-58)86-73-37-21-20-36-67(73)68-42-41-62(54-76(68)86)87-61-28-25-27-60(53-61)84-55-85(75-39-23-22-38-74(75)84)78-69(50-59(80(4,5)6)51-70(78)57-40-43-71-72(49-57)82(9,10)46-45-81(71,7)8)56-26-24-35-66(48-56)88(63-29-14-11-15-30-63,64-31-16-12-17-32-64)65-33-18-13-19-34-65/h11-44,47-54H,45-46H2,1-10H3/i7D3,8D3,9D3,10D3,11D,12D,13D,14D,15D,16D,17D,18D,19D,24D,26D,29D,30D,31D,32D,33D,34D,35D,40D,43D,45D2,46D2,48D,49D. The summed E-state index contributed by atoms with van der Waals surface area (Å²) in [6.07, 6.45) is -4.68. The van der Waals surface area contributed by atoms with E-state index in [1.165, 1.54) is 49.6 Å². The molecule has 0 radical (unpaired) electrons. The van der Waals surface area contributed by atoms with Crippen LogP contribution in [-0.4, -0.2) is 22.2 Å². The zero-order chi connectivity index (χ0) is 93.5. The van der Waals surface area contributed by atoms with Crippen LogP contribution in [0.5, 0.6) is 11.5 Å². The van der Waals surface area contributed by atoms with Gasteiger partial charge in [0.15, 0.2) is 8.07 Å². The molecule has 0 bridgehead atoms. The number of para-hydroxylation sites is 3. The number of hydrogen-bond donors (Lipinski definition) is 0. The van der Waals surface area contributed by atoms with E-state index in [0.29, 0.717) is 17.1 Å². The summed E-state index contributed by atoms with van der Waals surface area (Å²) in [4.78, 5) is 4.81. The molecule has 0 amide bonds. The lowest BCUT2D eigenvalue weighted by atomic mass is 9.63. The number of ether oxygens (including phenoxy) is 1. The van der Waals surface area contributed by atoms with Crippen molar-refractivity contribution in [1.29, 1.82) is 0 Å². The number of fused-ring (bicyclic) bond motifs is 5. The Bertz CT molecular complexity index is 6560. The second-order valence-corrected chi connectivity index (χ2v) is 27.0. The second kappa shape index (κ2) is 21.5. The van der Waals surface area contributed by atoms with Gasteiger partial charge in [-0.2, -0.15) is 0 Å². The van der Waals surface area contributed by atoms with Gasteiger partial charge in [-0.3, -0.25) is 13.7 Å². The highest BCUT2D eigenvalue weighted by atomic mass is 28.3. The SMILES string of the molecule is [2H]c1c([2H])c([2H])c([Si](c2c([2H])c([2H])c([2H])c([2H])c2[2H])(c2c([2H])c([2H])c([2H])c([2H])c2[2H])c2c([2H])c([2H])c([2H])c(-c3cc(C(C)(C)C)cc(-c4c([2H])c([2H])c5c(c4[2H])C(C([2H])([2H])[2H])(C([2H])([2H])[2H])C([2H])([2H])C([2H])([2H])C5(C([2H])([2H])[2H])C([2H])([2H])[2H])c3-[n+]3[c-]n(-c4cccc(Oc5ccc6c7ccccc7n(-c7cc(C(C)(C)C)ccn7)c6c5)c4)c4ccccc43)c2[2H])c([2H])c1[2H]. The van der Waals surface area contributed by atoms with Gasteiger partial charge in [0.05, 0.1) is 63.6 Å². The Kier molecular flexibility index (Phi) is 6.89. The van der Waals surface area contributed by atoms with Gasteiger partial charge in [-0.1, -0.05) is 263 Å². The third-order valence-electron chi connectivity index (χ3n) is 15.7. The smallest absolute Gasteiger partial charge is 0.269 e. The van der Waals surface area contributed by atoms with Gasteiger partial charge >= 0.3 is 0 Å². The Balaban J connectivity index is 1.20. The highest BCUT2D eigenvalue weighted by Gasteiger charge is 2.42. The third-order valence-corrected chi connectivity index (χ3v) is 19.7. The average Bonchev–Trinajstić information content (AvgIpc) is 0.707. The fourth-order valence-electron chi connectivity index (χ4n) is 11.3. The normalized spacial score (nSPS) is 22.0. The van der Waals surface area contributed by atoms with Crippen LogP contribution in [0.15, 0.2) is 254 Å². The van der Waals surface area contributed by atoms with E-state index in [1.807, 2.05) is 53.1 Å². The molecular weight excluding hydrogens is 1090 g/mol. The zero-order valence-corrected chi connectivity index (χ0v) is 49.2. The quantitative estimate of drug-likeness (QED) is 0.0560. The molecule has 0 spiro atoms. The molecule has 13 aromatic rings. The zero-order valence-electron chi connectivity index (χ0n) is 86.2. The molecule has 3 aromatic heterocycles. The molecule has 0 atom stereocenters. The molecule has 6 heteroatoms. The summed E-state index contributed by atoms with van der Waals surface area (Å²) in [7, 11) is -6.74. The van der Waals surface area contributed by atoms with E-state index < -0.39 is 257 Å². The molecule has 14 rings (SSSR count). The van der Waals surface area contributed by atoms with Crippen LogP contribution in [0, 0.1) is 6.33 Å². The molecule has 0 N–H and O–H groups in total. The predicted octanol–water partition coefficient (Wildman–Crippen LogP) is 17.6. The van der Waals surface area contributed by atoms with Crippen molar-refractivity contribution >= 4 is 61.7 Å². The van der Waals surface area contributed by atoms with E-state index in [9.17, 15) is 39.8 Å². The van der Waals surface area contributed by atoms with E-state index in [2.05, 4.69) is 27.1 Å². The van der Waals surface area contributed by atoms with Gasteiger partial charge in [0.2, 0.25) is 0 Å². The lowest BCUT2D eigenvalue weighted by Crippen LogP contribution is -2.74. The van der Waals surface area contributed by atoms with E-state index in [-0.39, 0.29) is 33.4 Å². The van der Waals surface area contributed by atoms with Crippen LogP contribution in [0.25, 0.3) is 72.3 Å². The number of rotatable bonds is 11. The van der Waals surface area contributed by atoms with Gasteiger partial charge in [-0.15, -0.1) is 0 Å². The fraction of sp³-hybridized carbons (Fsp3) is 0.195. The summed E-state index contributed by atoms with van der Waals surface area (Å²) < 4.78 is 376. The number of hydrogen-bond acceptors (Lipinski definition) is 2. The number of pyridine rings is 1. The van der Waals surface area contributed by atoms with Crippen molar-refractivity contribution in [3.8, 4) is 50.9 Å². The molecule has 0 unspecified atom stereocenters. The first kappa shape index (κ1) is 28.2. The minimum absolute atomic E-state index is 0.0883. The number of imidazole rings is 1. The van der Waals surface area contributed by atoms with Crippen molar-refractivity contribution in [1.82, 2.24) is 14.1 Å². The van der Waals surface area contributed by atoms with Crippen LogP contribution < -0.4 is 30.1 Å². The van der Waals surface area contributed by atoms with Crippen LogP contribution in [0.3, 0.4) is 0 Å². The maximum atomic E-state index is 11.2. The number of aromatic nitrogens is 4. The van der Waals surface area contributed by atoms with Gasteiger partial charge in [0, 0.05) is 45.0 Å². The largest absolute Gasteiger partial charge is 0.458 e. The second-order valence-electron chi connectivity index (χ2n) is 23.5. The molecule has 10 aromatic carbocycles. The lowest BCUT2D eigenvalue weighted by molar-refractivity contribution is -0.571. The average molecular weight is 1200 g/mol. The fourth-order valence-corrected chi connectivity index (χ4v) is 14.9. The van der Waals surface area contributed by atoms with Crippen molar-refractivity contribution in [3.63, 3.8) is 0 Å². The highest BCUT2D eigenvalue weighted by Crippen LogP contribution is 2.48. The highest BCUT2D eigenvalue weighted by molar-refractivity contribution is 7.19. The summed E-state index contributed by atoms with van der Waals surface area (Å²) in [5.41, 5.74) is -16.9. The third kappa shape index (κ3) is 9.79. The van der Waals surface area contributed by atoms with Crippen molar-refractivity contribution in [2.75, 3.05) is 0 Å². The Morgan fingerprint density at radius 3 is 1.78 bits per heavy atom. The lowest BCUT2D eigenvalue weighted by Gasteiger charge is -2.42. The molecular formula is C82H76N4OSi. The Hall–Kier alpha value is -9.36. The van der Waals surface area contributed by atoms with Gasteiger partial charge in [0.25, 0.3) is 6.33 Å². The molecule has 1 aliphatic carbocycles. The topological polar surface area (TPSA) is 35.9 Å². The first-order valence-electron chi connectivity index (χ1n) is 47.0. The number of benzene rings is 10. The van der Waals surface area contributed by atoms with Gasteiger partial charge in [0.1, 0.15) is 17.3 Å². The molecule has 434 valence electrons. The molecule has 3 heterocycles. The van der Waals surface area contributed by atoms with Crippen LogP contribution in [-0.2, 0) is 21.7 Å². The van der Waals surface area contributed by atoms with E-state index in [0.717, 1.165) is 32.5 Å². The van der Waals surface area contributed by atoms with Gasteiger partial charge in [-0.05, 0) is 148 Å². The first-order valence-corrected chi connectivity index (χ1v) is 30.0.